The number of carbonyl (C=O) groups is 1. The van der Waals surface area contributed by atoms with E-state index in [1.165, 1.54) is 263 Å². The zero-order valence-electron chi connectivity index (χ0n) is 42.3. The molecule has 0 saturated heterocycles. The predicted molar refractivity (Wildman–Crippen MR) is 273 cm³/mol. The Morgan fingerprint density at radius 1 is 0.387 bits per heavy atom. The van der Waals surface area contributed by atoms with Crippen molar-refractivity contribution in [2.24, 2.45) is 0 Å². The van der Waals surface area contributed by atoms with Crippen molar-refractivity contribution >= 4 is 5.91 Å². The van der Waals surface area contributed by atoms with Crippen molar-refractivity contribution in [3.8, 4) is 0 Å². The summed E-state index contributed by atoms with van der Waals surface area (Å²) in [6.07, 6.45) is 65.2. The first-order valence-electron chi connectivity index (χ1n) is 28.5. The van der Waals surface area contributed by atoms with Crippen LogP contribution in [0.25, 0.3) is 0 Å². The highest BCUT2D eigenvalue weighted by Crippen LogP contribution is 2.18. The minimum atomic E-state index is -1.13. The average Bonchev–Trinajstić information content (AvgIpc) is 3.28. The van der Waals surface area contributed by atoms with E-state index in [0.29, 0.717) is 12.8 Å². The molecule has 0 aromatic heterocycles. The first kappa shape index (κ1) is 61.1. The molecule has 3 unspecified atom stereocenters. The molecular weight excluding hydrogens is 763 g/mol. The number of amides is 1. The van der Waals surface area contributed by atoms with Gasteiger partial charge >= 0.3 is 0 Å². The van der Waals surface area contributed by atoms with Gasteiger partial charge in [0.05, 0.1) is 18.8 Å². The van der Waals surface area contributed by atoms with Crippen LogP contribution in [0.2, 0.25) is 0 Å². The summed E-state index contributed by atoms with van der Waals surface area (Å²) in [5.74, 6) is -0.138. The maximum Gasteiger partial charge on any atom is 0.220 e. The monoisotopic (exact) mass is 876 g/mol. The number of unbranched alkanes of at least 4 members (excludes halogenated alkanes) is 43. The Balaban J connectivity index is 3.47. The Kier molecular flexibility index (Phi) is 51.9. The Bertz CT molecular complexity index is 879. The van der Waals surface area contributed by atoms with Crippen LogP contribution in [0.1, 0.15) is 322 Å². The van der Waals surface area contributed by atoms with Crippen LogP contribution < -0.4 is 5.32 Å². The molecule has 5 nitrogen and oxygen atoms in total. The Hall–Kier alpha value is -0.910. The fourth-order valence-electron chi connectivity index (χ4n) is 9.22. The number of aliphatic hydroxyl groups is 3. The average molecular weight is 877 g/mol. The topological polar surface area (TPSA) is 89.8 Å². The van der Waals surface area contributed by atoms with Gasteiger partial charge in [-0.3, -0.25) is 4.79 Å². The minimum Gasteiger partial charge on any atom is -0.394 e. The quantitative estimate of drug-likeness (QED) is 0.0362. The smallest absolute Gasteiger partial charge is 0.220 e. The number of allylic oxidation sites excluding steroid dienone is 2. The molecule has 0 radical (unpaired) electrons. The molecular formula is C57H113NO4. The van der Waals surface area contributed by atoms with Gasteiger partial charge in [-0.1, -0.05) is 289 Å². The van der Waals surface area contributed by atoms with Crippen molar-refractivity contribution in [1.82, 2.24) is 5.32 Å². The zero-order chi connectivity index (χ0) is 45.1. The number of nitrogens with one attached hydrogen (secondary N) is 1. The van der Waals surface area contributed by atoms with Gasteiger partial charge in [-0.15, -0.1) is 0 Å². The molecule has 0 spiro atoms. The van der Waals surface area contributed by atoms with E-state index >= 15 is 0 Å². The van der Waals surface area contributed by atoms with Crippen LogP contribution in [0, 0.1) is 0 Å². The summed E-state index contributed by atoms with van der Waals surface area (Å²) in [5, 5.41) is 33.7. The molecule has 0 aromatic rings. The molecule has 0 heterocycles. The zero-order valence-corrected chi connectivity index (χ0v) is 42.3. The van der Waals surface area contributed by atoms with Gasteiger partial charge in [-0.25, -0.2) is 0 Å². The summed E-state index contributed by atoms with van der Waals surface area (Å²) in [6, 6.07) is -0.806. The highest BCUT2D eigenvalue weighted by molar-refractivity contribution is 5.76. The van der Waals surface area contributed by atoms with Crippen molar-refractivity contribution in [2.75, 3.05) is 6.61 Å². The van der Waals surface area contributed by atoms with Gasteiger partial charge in [-0.05, 0) is 38.5 Å². The van der Waals surface area contributed by atoms with Gasteiger partial charge in [0.15, 0.2) is 0 Å². The number of aliphatic hydroxyl groups excluding tert-OH is 3. The van der Waals surface area contributed by atoms with E-state index < -0.39 is 18.2 Å². The van der Waals surface area contributed by atoms with Crippen LogP contribution in [0.4, 0.5) is 0 Å². The first-order chi connectivity index (χ1) is 30.6. The third kappa shape index (κ3) is 47.1. The second kappa shape index (κ2) is 52.7. The molecule has 370 valence electrons. The lowest BCUT2D eigenvalue weighted by atomic mass is 9.99. The van der Waals surface area contributed by atoms with Gasteiger partial charge < -0.3 is 20.6 Å². The molecule has 5 heteroatoms. The molecule has 3 atom stereocenters. The van der Waals surface area contributed by atoms with Crippen molar-refractivity contribution in [3.63, 3.8) is 0 Å². The summed E-state index contributed by atoms with van der Waals surface area (Å²) in [4.78, 5) is 12.5. The Labute approximate surface area is 389 Å². The van der Waals surface area contributed by atoms with E-state index in [1.807, 2.05) is 0 Å². The third-order valence-electron chi connectivity index (χ3n) is 13.6. The normalized spacial score (nSPS) is 13.3. The molecule has 0 rings (SSSR count). The lowest BCUT2D eigenvalue weighted by Crippen LogP contribution is -2.50. The number of hydrogen-bond acceptors (Lipinski definition) is 4. The lowest BCUT2D eigenvalue weighted by molar-refractivity contribution is -0.124. The molecule has 0 aliphatic rings. The number of hydrogen-bond donors (Lipinski definition) is 4. The van der Waals surface area contributed by atoms with Gasteiger partial charge in [0.2, 0.25) is 5.91 Å². The van der Waals surface area contributed by atoms with Crippen molar-refractivity contribution < 1.29 is 20.1 Å². The second-order valence-electron chi connectivity index (χ2n) is 19.9. The van der Waals surface area contributed by atoms with Gasteiger partial charge in [0, 0.05) is 6.42 Å². The van der Waals surface area contributed by atoms with Crippen LogP contribution in [0.3, 0.4) is 0 Å². The summed E-state index contributed by atoms with van der Waals surface area (Å²) in [5.41, 5.74) is 0. The van der Waals surface area contributed by atoms with E-state index in [0.717, 1.165) is 32.1 Å². The minimum absolute atomic E-state index is 0.138. The van der Waals surface area contributed by atoms with Gasteiger partial charge in [-0.2, -0.15) is 0 Å². The van der Waals surface area contributed by atoms with Gasteiger partial charge in [0.25, 0.3) is 0 Å². The first-order valence-corrected chi connectivity index (χ1v) is 28.5. The van der Waals surface area contributed by atoms with Crippen LogP contribution in [0.5, 0.6) is 0 Å². The Morgan fingerprint density at radius 3 is 0.935 bits per heavy atom. The summed E-state index contributed by atoms with van der Waals surface area (Å²) in [6.45, 7) is 4.21. The molecule has 0 bridgehead atoms. The molecule has 0 aliphatic heterocycles. The van der Waals surface area contributed by atoms with Crippen molar-refractivity contribution in [1.29, 1.82) is 0 Å². The largest absolute Gasteiger partial charge is 0.394 e. The highest BCUT2D eigenvalue weighted by atomic mass is 16.3. The van der Waals surface area contributed by atoms with Crippen LogP contribution >= 0.6 is 0 Å². The molecule has 4 N–H and O–H groups in total. The second-order valence-corrected chi connectivity index (χ2v) is 19.9. The van der Waals surface area contributed by atoms with Crippen LogP contribution in [-0.2, 0) is 4.79 Å². The third-order valence-corrected chi connectivity index (χ3v) is 13.6. The summed E-state index contributed by atoms with van der Waals surface area (Å²) < 4.78 is 0. The molecule has 0 saturated carbocycles. The van der Waals surface area contributed by atoms with Crippen LogP contribution in [-0.4, -0.2) is 46.1 Å². The van der Waals surface area contributed by atoms with E-state index in [4.69, 9.17) is 0 Å². The summed E-state index contributed by atoms with van der Waals surface area (Å²) in [7, 11) is 0. The molecule has 0 aromatic carbocycles. The van der Waals surface area contributed by atoms with E-state index in [1.54, 1.807) is 0 Å². The molecule has 0 aliphatic carbocycles. The maximum atomic E-state index is 12.5. The lowest BCUT2D eigenvalue weighted by Gasteiger charge is -2.26. The maximum absolute atomic E-state index is 12.5. The predicted octanol–water partition coefficient (Wildman–Crippen LogP) is 17.5. The molecule has 1 amide bonds. The van der Waals surface area contributed by atoms with E-state index in [2.05, 4.69) is 31.3 Å². The molecule has 62 heavy (non-hydrogen) atoms. The van der Waals surface area contributed by atoms with Crippen molar-refractivity contribution in [3.05, 3.63) is 12.2 Å². The Morgan fingerprint density at radius 2 is 0.645 bits per heavy atom. The van der Waals surface area contributed by atoms with Crippen LogP contribution in [0.15, 0.2) is 12.2 Å². The SMILES string of the molecule is CCCCCCCCCCCCCC/C=C\CCCCCCCCCCCCCCCCCCC(=O)NC(CO)C(O)C(O)CCCCCCCCCCCCCCCCCC. The fourth-order valence-corrected chi connectivity index (χ4v) is 9.22. The van der Waals surface area contributed by atoms with Crippen molar-refractivity contribution in [2.45, 2.75) is 340 Å². The number of carbonyl (C=O) groups excluding carboxylic acids is 1. The van der Waals surface area contributed by atoms with E-state index in [9.17, 15) is 20.1 Å². The number of rotatable bonds is 53. The highest BCUT2D eigenvalue weighted by Gasteiger charge is 2.26. The standard InChI is InChI=1S/C57H113NO4/c1-3-5-7-9-11-13-15-17-19-21-22-23-24-25-26-27-28-29-30-31-32-33-34-35-36-38-40-42-44-46-48-50-52-56(61)58-54(53-59)57(62)55(60)51-49-47-45-43-41-39-37-20-18-16-14-12-10-8-6-4-2/h25-26,54-55,57,59-60,62H,3-24,27-53H2,1-2H3,(H,58,61)/b26-25-. The molecule has 0 fully saturated rings. The van der Waals surface area contributed by atoms with E-state index in [-0.39, 0.29) is 12.5 Å². The van der Waals surface area contributed by atoms with Gasteiger partial charge in [0.1, 0.15) is 6.10 Å². The fraction of sp³-hybridized carbons (Fsp3) is 0.947. The summed E-state index contributed by atoms with van der Waals surface area (Å²) >= 11 is 0.